The molecule has 7 heteroatoms. The Morgan fingerprint density at radius 3 is 2.69 bits per heavy atom. The van der Waals surface area contributed by atoms with Gasteiger partial charge in [-0.1, -0.05) is 19.8 Å². The Hall–Kier alpha value is -2.85. The first-order valence-corrected chi connectivity index (χ1v) is 13.6. The number of nitrogens with one attached hydrogen (secondary N) is 1. The molecule has 0 aromatic carbocycles. The Labute approximate surface area is 212 Å². The van der Waals surface area contributed by atoms with Gasteiger partial charge in [0.15, 0.2) is 0 Å². The molecule has 2 atom stereocenters. The Balaban J connectivity index is 1.70. The highest BCUT2D eigenvalue weighted by molar-refractivity contribution is 7.15. The average Bonchev–Trinajstić information content (AvgIpc) is 3.35. The van der Waals surface area contributed by atoms with E-state index >= 15 is 0 Å². The van der Waals surface area contributed by atoms with Crippen LogP contribution < -0.4 is 5.32 Å². The standard InChI is InChI=1S/C28H35N3O3S/c1-5-34-28(33)25-22-11-7-9-13-24(22)35-27(25)31-18(3)14-20(19(31)4)15-21(16-29)26(32)30-23-12-8-6-10-17(23)2/h14-15,17,23H,5-13H2,1-4H3,(H,30,32)/b21-15+/t17-,23+/m1/s1. The van der Waals surface area contributed by atoms with Crippen molar-refractivity contribution in [2.45, 2.75) is 85.1 Å². The number of hydrogen-bond acceptors (Lipinski definition) is 5. The van der Waals surface area contributed by atoms with Crippen LogP contribution in [0.15, 0.2) is 11.6 Å². The zero-order valence-corrected chi connectivity index (χ0v) is 22.0. The van der Waals surface area contributed by atoms with E-state index in [1.165, 1.54) is 11.3 Å². The van der Waals surface area contributed by atoms with E-state index < -0.39 is 0 Å². The van der Waals surface area contributed by atoms with E-state index in [1.807, 2.05) is 26.8 Å². The fourth-order valence-corrected chi connectivity index (χ4v) is 6.94. The molecule has 0 radical (unpaired) electrons. The molecule has 2 aromatic rings. The van der Waals surface area contributed by atoms with Gasteiger partial charge in [0.05, 0.1) is 12.2 Å². The van der Waals surface area contributed by atoms with Gasteiger partial charge in [0.2, 0.25) is 0 Å². The molecular formula is C28H35N3O3S. The molecule has 1 fully saturated rings. The van der Waals surface area contributed by atoms with Gasteiger partial charge in [-0.05, 0) is 88.5 Å². The van der Waals surface area contributed by atoms with Crippen LogP contribution in [0.5, 0.6) is 0 Å². The first kappa shape index (κ1) is 25.2. The van der Waals surface area contributed by atoms with Crippen LogP contribution in [0.3, 0.4) is 0 Å². The van der Waals surface area contributed by atoms with Crippen LogP contribution >= 0.6 is 11.3 Å². The highest BCUT2D eigenvalue weighted by atomic mass is 32.1. The molecule has 1 N–H and O–H groups in total. The molecule has 0 unspecified atom stereocenters. The van der Waals surface area contributed by atoms with Gasteiger partial charge < -0.3 is 14.6 Å². The molecule has 0 aliphatic heterocycles. The van der Waals surface area contributed by atoms with E-state index in [9.17, 15) is 14.9 Å². The minimum Gasteiger partial charge on any atom is -0.462 e. The van der Waals surface area contributed by atoms with Crippen molar-refractivity contribution in [1.29, 1.82) is 5.26 Å². The molecule has 0 bridgehead atoms. The monoisotopic (exact) mass is 493 g/mol. The third kappa shape index (κ3) is 5.08. The molecule has 2 aliphatic carbocycles. The second-order valence-electron chi connectivity index (χ2n) is 9.78. The summed E-state index contributed by atoms with van der Waals surface area (Å²) in [6.07, 6.45) is 10.1. The third-order valence-corrected chi connectivity index (χ3v) is 8.68. The van der Waals surface area contributed by atoms with Crippen molar-refractivity contribution in [1.82, 2.24) is 9.88 Å². The number of esters is 1. The molecule has 0 spiro atoms. The van der Waals surface area contributed by atoms with Gasteiger partial charge in [-0.2, -0.15) is 5.26 Å². The van der Waals surface area contributed by atoms with Crippen molar-refractivity contribution in [3.05, 3.63) is 44.6 Å². The molecule has 0 saturated heterocycles. The fraction of sp³-hybridized carbons (Fsp3) is 0.536. The maximum atomic E-state index is 13.0. The summed E-state index contributed by atoms with van der Waals surface area (Å²) in [7, 11) is 0. The number of nitriles is 1. The highest BCUT2D eigenvalue weighted by Gasteiger charge is 2.29. The predicted octanol–water partition coefficient (Wildman–Crippen LogP) is 5.81. The van der Waals surface area contributed by atoms with Crippen LogP contribution in [0.2, 0.25) is 0 Å². The van der Waals surface area contributed by atoms with Gasteiger partial charge in [-0.15, -0.1) is 11.3 Å². The molecule has 1 saturated carbocycles. The zero-order chi connectivity index (χ0) is 25.1. The number of rotatable bonds is 6. The summed E-state index contributed by atoms with van der Waals surface area (Å²) in [6, 6.07) is 4.20. The number of carbonyl (C=O) groups is 2. The molecule has 2 aromatic heterocycles. The first-order valence-electron chi connectivity index (χ1n) is 12.8. The fourth-order valence-electron chi connectivity index (χ4n) is 5.45. The highest BCUT2D eigenvalue weighted by Crippen LogP contribution is 2.39. The summed E-state index contributed by atoms with van der Waals surface area (Å²) >= 11 is 1.66. The Morgan fingerprint density at radius 2 is 1.97 bits per heavy atom. The molecule has 1 amide bonds. The van der Waals surface area contributed by atoms with E-state index in [-0.39, 0.29) is 23.5 Å². The predicted molar refractivity (Wildman–Crippen MR) is 139 cm³/mol. The Morgan fingerprint density at radius 1 is 1.23 bits per heavy atom. The topological polar surface area (TPSA) is 84.1 Å². The molecule has 186 valence electrons. The summed E-state index contributed by atoms with van der Waals surface area (Å²) in [5.74, 6) is -0.163. The largest absolute Gasteiger partial charge is 0.462 e. The number of amides is 1. The van der Waals surface area contributed by atoms with Crippen LogP contribution in [0, 0.1) is 31.1 Å². The van der Waals surface area contributed by atoms with Crippen molar-refractivity contribution >= 4 is 29.3 Å². The van der Waals surface area contributed by atoms with Gasteiger partial charge in [0.1, 0.15) is 16.6 Å². The van der Waals surface area contributed by atoms with Crippen LogP contribution in [-0.4, -0.2) is 29.1 Å². The lowest BCUT2D eigenvalue weighted by Crippen LogP contribution is -2.41. The quantitative estimate of drug-likeness (QED) is 0.312. The van der Waals surface area contributed by atoms with Gasteiger partial charge in [-0.25, -0.2) is 4.79 Å². The molecule has 2 aliphatic rings. The molecular weight excluding hydrogens is 458 g/mol. The minimum atomic E-state index is -0.310. The second-order valence-corrected chi connectivity index (χ2v) is 10.9. The van der Waals surface area contributed by atoms with E-state index in [2.05, 4.69) is 22.9 Å². The molecule has 4 rings (SSSR count). The van der Waals surface area contributed by atoms with Gasteiger partial charge in [0, 0.05) is 22.3 Å². The van der Waals surface area contributed by atoms with Crippen LogP contribution in [0.1, 0.15) is 90.1 Å². The first-order chi connectivity index (χ1) is 16.8. The van der Waals surface area contributed by atoms with Crippen LogP contribution in [-0.2, 0) is 22.4 Å². The summed E-state index contributed by atoms with van der Waals surface area (Å²) in [5, 5.41) is 13.7. The number of thiophene rings is 1. The van der Waals surface area contributed by atoms with Crippen molar-refractivity contribution < 1.29 is 14.3 Å². The van der Waals surface area contributed by atoms with Crippen molar-refractivity contribution in [2.75, 3.05) is 6.61 Å². The smallest absolute Gasteiger partial charge is 0.341 e. The number of ether oxygens (including phenoxy) is 1. The van der Waals surface area contributed by atoms with Crippen LogP contribution in [0.4, 0.5) is 0 Å². The van der Waals surface area contributed by atoms with E-state index in [4.69, 9.17) is 4.74 Å². The van der Waals surface area contributed by atoms with Crippen molar-refractivity contribution in [3.63, 3.8) is 0 Å². The number of fused-ring (bicyclic) bond motifs is 1. The summed E-state index contributed by atoms with van der Waals surface area (Å²) in [6.45, 7) is 8.29. The Bertz CT molecular complexity index is 1200. The lowest BCUT2D eigenvalue weighted by Gasteiger charge is -2.29. The second kappa shape index (κ2) is 10.8. The maximum Gasteiger partial charge on any atom is 0.341 e. The average molecular weight is 494 g/mol. The number of nitrogens with zero attached hydrogens (tertiary/aromatic N) is 2. The molecule has 35 heavy (non-hydrogen) atoms. The third-order valence-electron chi connectivity index (χ3n) is 7.40. The SMILES string of the molecule is CCOC(=O)c1c(-n2c(C)cc(/C=C(\C#N)C(=O)N[C@H]3CCCC[C@H]3C)c2C)sc2c1CCCC2. The van der Waals surface area contributed by atoms with Crippen LogP contribution in [0.25, 0.3) is 11.1 Å². The summed E-state index contributed by atoms with van der Waals surface area (Å²) < 4.78 is 7.52. The lowest BCUT2D eigenvalue weighted by molar-refractivity contribution is -0.118. The van der Waals surface area contributed by atoms with Crippen molar-refractivity contribution in [2.24, 2.45) is 5.92 Å². The van der Waals surface area contributed by atoms with E-state index in [1.54, 1.807) is 17.4 Å². The lowest BCUT2D eigenvalue weighted by atomic mass is 9.86. The normalized spacial score (nSPS) is 20.1. The van der Waals surface area contributed by atoms with Gasteiger partial charge in [0.25, 0.3) is 5.91 Å². The molecule has 6 nitrogen and oxygen atoms in total. The van der Waals surface area contributed by atoms with E-state index in [0.717, 1.165) is 72.5 Å². The zero-order valence-electron chi connectivity index (χ0n) is 21.2. The number of aromatic nitrogens is 1. The number of aryl methyl sites for hydroxylation is 2. The minimum absolute atomic E-state index is 0.110. The van der Waals surface area contributed by atoms with Gasteiger partial charge >= 0.3 is 5.97 Å². The Kier molecular flexibility index (Phi) is 7.81. The maximum absolute atomic E-state index is 13.0. The summed E-state index contributed by atoms with van der Waals surface area (Å²) in [5.41, 5.74) is 4.58. The number of carbonyl (C=O) groups excluding carboxylic acids is 2. The van der Waals surface area contributed by atoms with E-state index in [0.29, 0.717) is 18.1 Å². The number of hydrogen-bond donors (Lipinski definition) is 1. The molecule has 2 heterocycles. The van der Waals surface area contributed by atoms with Gasteiger partial charge in [-0.3, -0.25) is 4.79 Å². The summed E-state index contributed by atoms with van der Waals surface area (Å²) in [4.78, 5) is 27.2. The van der Waals surface area contributed by atoms with Crippen molar-refractivity contribution in [3.8, 4) is 11.1 Å².